The number of anilines is 1. The number of alkyl halides is 3. The minimum Gasteiger partial charge on any atom is -0.368 e. The third-order valence-corrected chi connectivity index (χ3v) is 4.53. The molecule has 0 aromatic heterocycles. The van der Waals surface area contributed by atoms with Crippen molar-refractivity contribution in [2.75, 3.05) is 18.5 Å². The summed E-state index contributed by atoms with van der Waals surface area (Å²) in [6, 6.07) is 3.67. The van der Waals surface area contributed by atoms with Crippen LogP contribution in [0.25, 0.3) is 0 Å². The molecular weight excluding hydrogens is 284 g/mol. The van der Waals surface area contributed by atoms with Crippen LogP contribution >= 0.6 is 0 Å². The van der Waals surface area contributed by atoms with Crippen LogP contribution in [0.15, 0.2) is 18.2 Å². The van der Waals surface area contributed by atoms with Gasteiger partial charge in [-0.05, 0) is 44.5 Å². The van der Waals surface area contributed by atoms with Crippen LogP contribution in [0.3, 0.4) is 0 Å². The molecule has 2 rings (SSSR count). The van der Waals surface area contributed by atoms with Crippen molar-refractivity contribution in [2.24, 2.45) is 5.92 Å². The van der Waals surface area contributed by atoms with E-state index in [1.807, 2.05) is 18.9 Å². The highest BCUT2D eigenvalue weighted by atomic mass is 19.4. The standard InChI is InChI=1S/C15H20F4N2/c1-9-10(2)21(7-6-14(9)20-3)11-4-5-13(16)12(8-11)15(17,18)19/h4-5,8-10,14,20H,6-7H2,1-3H3. The summed E-state index contributed by atoms with van der Waals surface area (Å²) in [5.41, 5.74) is -0.770. The smallest absolute Gasteiger partial charge is 0.368 e. The van der Waals surface area contributed by atoms with E-state index in [1.54, 1.807) is 0 Å². The molecular formula is C15H20F4N2. The summed E-state index contributed by atoms with van der Waals surface area (Å²) in [4.78, 5) is 1.92. The predicted molar refractivity (Wildman–Crippen MR) is 74.8 cm³/mol. The first kappa shape index (κ1) is 16.1. The van der Waals surface area contributed by atoms with E-state index in [4.69, 9.17) is 0 Å². The van der Waals surface area contributed by atoms with Crippen LogP contribution in [0, 0.1) is 11.7 Å². The highest BCUT2D eigenvalue weighted by molar-refractivity contribution is 5.51. The normalized spacial score (nSPS) is 27.0. The van der Waals surface area contributed by atoms with E-state index >= 15 is 0 Å². The monoisotopic (exact) mass is 304 g/mol. The van der Waals surface area contributed by atoms with Gasteiger partial charge in [-0.25, -0.2) is 4.39 Å². The number of benzene rings is 1. The second kappa shape index (κ2) is 5.83. The van der Waals surface area contributed by atoms with Crippen LogP contribution in [-0.2, 0) is 6.18 Å². The second-order valence-corrected chi connectivity index (χ2v) is 5.64. The zero-order valence-electron chi connectivity index (χ0n) is 12.3. The van der Waals surface area contributed by atoms with Crippen LogP contribution in [0.4, 0.5) is 23.2 Å². The maximum Gasteiger partial charge on any atom is 0.419 e. The first-order chi connectivity index (χ1) is 9.75. The summed E-state index contributed by atoms with van der Waals surface area (Å²) in [5, 5.41) is 3.23. The van der Waals surface area contributed by atoms with Gasteiger partial charge in [-0.3, -0.25) is 0 Å². The Morgan fingerprint density at radius 3 is 2.48 bits per heavy atom. The molecule has 1 aromatic carbocycles. The van der Waals surface area contributed by atoms with Gasteiger partial charge in [0.15, 0.2) is 0 Å². The van der Waals surface area contributed by atoms with Gasteiger partial charge in [-0.15, -0.1) is 0 Å². The Morgan fingerprint density at radius 1 is 1.24 bits per heavy atom. The van der Waals surface area contributed by atoms with Crippen LogP contribution < -0.4 is 10.2 Å². The topological polar surface area (TPSA) is 15.3 Å². The molecule has 1 fully saturated rings. The van der Waals surface area contributed by atoms with Crippen molar-refractivity contribution in [1.82, 2.24) is 5.32 Å². The van der Waals surface area contributed by atoms with Gasteiger partial charge in [0.05, 0.1) is 5.56 Å². The van der Waals surface area contributed by atoms with E-state index in [1.165, 1.54) is 6.07 Å². The third kappa shape index (κ3) is 3.15. The third-order valence-electron chi connectivity index (χ3n) is 4.53. The van der Waals surface area contributed by atoms with E-state index in [0.29, 0.717) is 24.2 Å². The average molecular weight is 304 g/mol. The van der Waals surface area contributed by atoms with Crippen LogP contribution in [0.5, 0.6) is 0 Å². The number of halogens is 4. The van der Waals surface area contributed by atoms with E-state index in [9.17, 15) is 17.6 Å². The molecule has 0 bridgehead atoms. The summed E-state index contributed by atoms with van der Waals surface area (Å²) in [7, 11) is 1.89. The Morgan fingerprint density at radius 2 is 1.90 bits per heavy atom. The van der Waals surface area contributed by atoms with Crippen molar-refractivity contribution in [3.05, 3.63) is 29.6 Å². The molecule has 3 atom stereocenters. The quantitative estimate of drug-likeness (QED) is 0.839. The van der Waals surface area contributed by atoms with Crippen molar-refractivity contribution < 1.29 is 17.6 Å². The number of rotatable bonds is 2. The van der Waals surface area contributed by atoms with E-state index < -0.39 is 17.6 Å². The summed E-state index contributed by atoms with van der Waals surface area (Å²) in [5.74, 6) is -0.930. The molecule has 2 nitrogen and oxygen atoms in total. The van der Waals surface area contributed by atoms with Crippen molar-refractivity contribution in [3.8, 4) is 0 Å². The largest absolute Gasteiger partial charge is 0.419 e. The summed E-state index contributed by atoms with van der Waals surface area (Å²) >= 11 is 0. The Kier molecular flexibility index (Phi) is 4.46. The molecule has 1 saturated heterocycles. The van der Waals surface area contributed by atoms with Gasteiger partial charge in [0.2, 0.25) is 0 Å². The summed E-state index contributed by atoms with van der Waals surface area (Å²) in [6.45, 7) is 4.72. The van der Waals surface area contributed by atoms with Crippen molar-refractivity contribution in [2.45, 2.75) is 38.5 Å². The minimum absolute atomic E-state index is 0.0859. The Hall–Kier alpha value is -1.30. The highest BCUT2D eigenvalue weighted by Gasteiger charge is 2.36. The molecule has 1 heterocycles. The molecule has 0 radical (unpaired) electrons. The molecule has 0 amide bonds. The average Bonchev–Trinajstić information content (AvgIpc) is 2.41. The van der Waals surface area contributed by atoms with E-state index in [2.05, 4.69) is 12.2 Å². The molecule has 118 valence electrons. The van der Waals surface area contributed by atoms with E-state index in [0.717, 1.165) is 18.6 Å². The van der Waals surface area contributed by atoms with Crippen LogP contribution in [0.2, 0.25) is 0 Å². The lowest BCUT2D eigenvalue weighted by molar-refractivity contribution is -0.139. The Bertz CT molecular complexity index is 501. The van der Waals surface area contributed by atoms with Crippen LogP contribution in [0.1, 0.15) is 25.8 Å². The number of nitrogens with zero attached hydrogens (tertiary/aromatic N) is 1. The second-order valence-electron chi connectivity index (χ2n) is 5.64. The van der Waals surface area contributed by atoms with Gasteiger partial charge in [0.1, 0.15) is 5.82 Å². The lowest BCUT2D eigenvalue weighted by atomic mass is 9.86. The lowest BCUT2D eigenvalue weighted by Crippen LogP contribution is -2.52. The highest BCUT2D eigenvalue weighted by Crippen LogP contribution is 2.36. The molecule has 21 heavy (non-hydrogen) atoms. The van der Waals surface area contributed by atoms with Crippen molar-refractivity contribution in [1.29, 1.82) is 0 Å². The molecule has 1 N–H and O–H groups in total. The van der Waals surface area contributed by atoms with Gasteiger partial charge in [0, 0.05) is 24.3 Å². The Balaban J connectivity index is 2.31. The molecule has 1 aliphatic heterocycles. The number of piperidine rings is 1. The fourth-order valence-corrected chi connectivity index (χ4v) is 3.05. The number of hydrogen-bond acceptors (Lipinski definition) is 2. The fourth-order valence-electron chi connectivity index (χ4n) is 3.05. The summed E-state index contributed by atoms with van der Waals surface area (Å²) in [6.07, 6.45) is -3.82. The fraction of sp³-hybridized carbons (Fsp3) is 0.600. The zero-order valence-corrected chi connectivity index (χ0v) is 12.3. The Labute approximate surface area is 122 Å². The predicted octanol–water partition coefficient (Wildman–Crippen LogP) is 3.67. The lowest BCUT2D eigenvalue weighted by Gasteiger charge is -2.44. The number of nitrogens with one attached hydrogen (secondary N) is 1. The first-order valence-corrected chi connectivity index (χ1v) is 7.06. The van der Waals surface area contributed by atoms with Gasteiger partial charge >= 0.3 is 6.18 Å². The molecule has 0 saturated carbocycles. The van der Waals surface area contributed by atoms with Crippen molar-refractivity contribution >= 4 is 5.69 Å². The van der Waals surface area contributed by atoms with Gasteiger partial charge in [-0.2, -0.15) is 13.2 Å². The van der Waals surface area contributed by atoms with E-state index in [-0.39, 0.29) is 6.04 Å². The van der Waals surface area contributed by atoms with Gasteiger partial charge in [0.25, 0.3) is 0 Å². The van der Waals surface area contributed by atoms with Gasteiger partial charge in [-0.1, -0.05) is 6.92 Å². The zero-order chi connectivity index (χ0) is 15.8. The molecule has 0 aliphatic carbocycles. The molecule has 6 heteroatoms. The molecule has 1 aliphatic rings. The van der Waals surface area contributed by atoms with Crippen LogP contribution in [-0.4, -0.2) is 25.7 Å². The molecule has 3 unspecified atom stereocenters. The SMILES string of the molecule is CNC1CCN(c2ccc(F)c(C(F)(F)F)c2)C(C)C1C. The maximum absolute atomic E-state index is 13.4. The summed E-state index contributed by atoms with van der Waals surface area (Å²) < 4.78 is 51.8. The molecule has 1 aromatic rings. The maximum atomic E-state index is 13.4. The first-order valence-electron chi connectivity index (χ1n) is 7.06. The minimum atomic E-state index is -4.67. The molecule has 0 spiro atoms. The van der Waals surface area contributed by atoms with Crippen molar-refractivity contribution in [3.63, 3.8) is 0 Å². The van der Waals surface area contributed by atoms with Gasteiger partial charge < -0.3 is 10.2 Å². The number of hydrogen-bond donors (Lipinski definition) is 1.